The zero-order valence-corrected chi connectivity index (χ0v) is 9.94. The average molecular weight is 216 g/mol. The summed E-state index contributed by atoms with van der Waals surface area (Å²) in [6.07, 6.45) is 13.5. The fraction of sp³-hybridized carbons (Fsp3) is 1.00. The van der Waals surface area contributed by atoms with Crippen LogP contribution >= 0.6 is 0 Å². The molecule has 0 heterocycles. The Labute approximate surface area is 79.6 Å². The second-order valence-electron chi connectivity index (χ2n) is 3.81. The zero-order chi connectivity index (χ0) is 7.94. The molecule has 1 saturated carbocycles. The monoisotopic (exact) mass is 216 g/mol. The maximum atomic E-state index is 1.98. The molecule has 0 aromatic carbocycles. The maximum absolute atomic E-state index is 1.98. The van der Waals surface area contributed by atoms with Gasteiger partial charge < -0.3 is 0 Å². The van der Waals surface area contributed by atoms with Gasteiger partial charge in [-0.05, 0) is 0 Å². The molecule has 0 nitrogen and oxygen atoms in total. The number of hydrogen-bond donors (Lipinski definition) is 0. The van der Waals surface area contributed by atoms with E-state index in [0.717, 1.165) is 4.71 Å². The third-order valence-electron chi connectivity index (χ3n) is 2.65. The van der Waals surface area contributed by atoms with E-state index >= 15 is 0 Å². The third kappa shape index (κ3) is 4.90. The summed E-state index contributed by atoms with van der Waals surface area (Å²) >= 11 is 1.98. The van der Waals surface area contributed by atoms with Gasteiger partial charge in [0.05, 0.1) is 0 Å². The van der Waals surface area contributed by atoms with Crippen molar-refractivity contribution < 1.29 is 0 Å². The first kappa shape index (κ1) is 9.64. The van der Waals surface area contributed by atoms with E-state index in [1.54, 1.807) is 0 Å². The molecule has 0 bridgehead atoms. The quantitative estimate of drug-likeness (QED) is 0.546. The van der Waals surface area contributed by atoms with Gasteiger partial charge in [-0.15, -0.1) is 0 Å². The van der Waals surface area contributed by atoms with Gasteiger partial charge in [0, 0.05) is 0 Å². The minimum absolute atomic E-state index is 1.07. The molecule has 66 valence electrons. The van der Waals surface area contributed by atoms with Crippen LogP contribution in [0.1, 0.15) is 57.8 Å². The Morgan fingerprint density at radius 2 is 1.00 bits per heavy atom. The van der Waals surface area contributed by atoms with Crippen LogP contribution in [0.5, 0.6) is 0 Å². The molecule has 0 N–H and O–H groups in total. The molecule has 1 unspecified atom stereocenters. The first-order chi connectivity index (χ1) is 5.39. The van der Waals surface area contributed by atoms with E-state index in [2.05, 4.69) is 0 Å². The molecule has 1 aliphatic carbocycles. The predicted octanol–water partition coefficient (Wildman–Crippen LogP) is 2.93. The fourth-order valence-electron chi connectivity index (χ4n) is 1.84. The molecule has 0 saturated heterocycles. The van der Waals surface area contributed by atoms with Crippen molar-refractivity contribution in [3.63, 3.8) is 0 Å². The molecule has 1 aliphatic rings. The first-order valence-electron chi connectivity index (χ1n) is 5.15. The Morgan fingerprint density at radius 1 is 0.636 bits per heavy atom. The molecule has 0 radical (unpaired) electrons. The van der Waals surface area contributed by atoms with Crippen molar-refractivity contribution in [1.29, 1.82) is 0 Å². The molecule has 1 heteroatoms. The fourth-order valence-corrected chi connectivity index (χ4v) is 2.83. The standard InChI is InChI=1S/C10H21As/c11-10-8-6-4-2-1-3-5-7-9-10/h10H,1-9,11H2. The Kier molecular flexibility index (Phi) is 5.36. The Balaban J connectivity index is 2.12. The molecule has 1 fully saturated rings. The van der Waals surface area contributed by atoms with E-state index in [1.165, 1.54) is 57.8 Å². The van der Waals surface area contributed by atoms with Crippen molar-refractivity contribution in [2.75, 3.05) is 0 Å². The average Bonchev–Trinajstić information content (AvgIpc) is 2.03. The van der Waals surface area contributed by atoms with Crippen LogP contribution in [0.2, 0.25) is 4.71 Å². The van der Waals surface area contributed by atoms with Crippen LogP contribution in [0.3, 0.4) is 0 Å². The third-order valence-corrected chi connectivity index (χ3v) is 4.05. The Bertz CT molecular complexity index is 80.9. The van der Waals surface area contributed by atoms with Gasteiger partial charge in [-0.1, -0.05) is 0 Å². The molecule has 1 atom stereocenters. The van der Waals surface area contributed by atoms with Crippen molar-refractivity contribution >= 4 is 16.9 Å². The SMILES string of the molecule is [AsH2]C1CCCCCCCCC1. The van der Waals surface area contributed by atoms with E-state index in [0.29, 0.717) is 0 Å². The second-order valence-corrected chi connectivity index (χ2v) is 5.79. The van der Waals surface area contributed by atoms with Gasteiger partial charge in [0.2, 0.25) is 0 Å². The van der Waals surface area contributed by atoms with Gasteiger partial charge >= 0.3 is 79.3 Å². The van der Waals surface area contributed by atoms with Crippen molar-refractivity contribution in [3.05, 3.63) is 0 Å². The number of rotatable bonds is 0. The van der Waals surface area contributed by atoms with Gasteiger partial charge in [-0.25, -0.2) is 0 Å². The summed E-state index contributed by atoms with van der Waals surface area (Å²) in [5.74, 6) is 0. The molecule has 1 rings (SSSR count). The molecule has 11 heavy (non-hydrogen) atoms. The van der Waals surface area contributed by atoms with Crippen LogP contribution in [0.25, 0.3) is 0 Å². The van der Waals surface area contributed by atoms with Crippen LogP contribution in [0, 0.1) is 0 Å². The van der Waals surface area contributed by atoms with Gasteiger partial charge in [-0.3, -0.25) is 0 Å². The van der Waals surface area contributed by atoms with Crippen LogP contribution in [0.15, 0.2) is 0 Å². The minimum atomic E-state index is 1.07. The van der Waals surface area contributed by atoms with Crippen LogP contribution in [-0.2, 0) is 0 Å². The molecule has 0 aromatic rings. The Morgan fingerprint density at radius 3 is 1.45 bits per heavy atom. The van der Waals surface area contributed by atoms with E-state index in [-0.39, 0.29) is 0 Å². The van der Waals surface area contributed by atoms with Gasteiger partial charge in [0.1, 0.15) is 0 Å². The van der Waals surface area contributed by atoms with Crippen LogP contribution in [-0.4, -0.2) is 16.9 Å². The number of hydrogen-bond acceptors (Lipinski definition) is 0. The van der Waals surface area contributed by atoms with E-state index in [9.17, 15) is 0 Å². The first-order valence-corrected chi connectivity index (χ1v) is 6.55. The normalized spacial score (nSPS) is 24.8. The Hall–Kier alpha value is 0.558. The predicted molar refractivity (Wildman–Crippen MR) is 53.8 cm³/mol. The van der Waals surface area contributed by atoms with Crippen molar-refractivity contribution in [3.8, 4) is 0 Å². The molecule has 0 aliphatic heterocycles. The van der Waals surface area contributed by atoms with Crippen LogP contribution < -0.4 is 0 Å². The van der Waals surface area contributed by atoms with Gasteiger partial charge in [0.15, 0.2) is 0 Å². The van der Waals surface area contributed by atoms with E-state index in [1.807, 2.05) is 16.9 Å². The second kappa shape index (κ2) is 6.12. The molecule has 0 aromatic heterocycles. The molecule has 0 spiro atoms. The molecular weight excluding hydrogens is 195 g/mol. The summed E-state index contributed by atoms with van der Waals surface area (Å²) in [6.45, 7) is 0. The van der Waals surface area contributed by atoms with E-state index in [4.69, 9.17) is 0 Å². The summed E-state index contributed by atoms with van der Waals surface area (Å²) in [5, 5.41) is 0. The summed E-state index contributed by atoms with van der Waals surface area (Å²) < 4.78 is 1.07. The summed E-state index contributed by atoms with van der Waals surface area (Å²) in [5.41, 5.74) is 0. The van der Waals surface area contributed by atoms with Gasteiger partial charge in [-0.2, -0.15) is 0 Å². The van der Waals surface area contributed by atoms with Crippen molar-refractivity contribution in [1.82, 2.24) is 0 Å². The summed E-state index contributed by atoms with van der Waals surface area (Å²) in [7, 11) is 0. The molecule has 0 amide bonds. The molecular formula is C10H21As. The summed E-state index contributed by atoms with van der Waals surface area (Å²) in [6, 6.07) is 0. The van der Waals surface area contributed by atoms with Crippen molar-refractivity contribution in [2.24, 2.45) is 0 Å². The zero-order valence-electron chi connectivity index (χ0n) is 7.52. The van der Waals surface area contributed by atoms with E-state index < -0.39 is 0 Å². The topological polar surface area (TPSA) is 0 Å². The van der Waals surface area contributed by atoms with Crippen molar-refractivity contribution in [2.45, 2.75) is 62.5 Å². The summed E-state index contributed by atoms with van der Waals surface area (Å²) in [4.78, 5) is 0. The van der Waals surface area contributed by atoms with Gasteiger partial charge in [0.25, 0.3) is 0 Å². The van der Waals surface area contributed by atoms with Crippen LogP contribution in [0.4, 0.5) is 0 Å².